The highest BCUT2D eigenvalue weighted by Crippen LogP contribution is 2.28. The van der Waals surface area contributed by atoms with Gasteiger partial charge in [0.2, 0.25) is 5.91 Å². The predicted molar refractivity (Wildman–Crippen MR) is 95.1 cm³/mol. The maximum absolute atomic E-state index is 13.0. The van der Waals surface area contributed by atoms with Crippen LogP contribution in [0.15, 0.2) is 11.6 Å². The Morgan fingerprint density at radius 3 is 2.62 bits per heavy atom. The van der Waals surface area contributed by atoms with E-state index in [4.69, 9.17) is 0 Å². The van der Waals surface area contributed by atoms with E-state index in [0.717, 1.165) is 32.2 Å². The molecule has 2 fully saturated rings. The molecule has 132 valence electrons. The largest absolute Gasteiger partial charge is 0.341 e. The molecule has 2 aliphatic rings. The van der Waals surface area contributed by atoms with Crippen LogP contribution in [-0.2, 0) is 4.79 Å². The molecule has 24 heavy (non-hydrogen) atoms. The molecule has 0 radical (unpaired) electrons. The van der Waals surface area contributed by atoms with Crippen LogP contribution < -0.4 is 5.32 Å². The molecule has 1 saturated carbocycles. The summed E-state index contributed by atoms with van der Waals surface area (Å²) in [5.74, 6) is 0.101. The highest BCUT2D eigenvalue weighted by Gasteiger charge is 2.35. The average Bonchev–Trinajstić information content (AvgIpc) is 3.09. The van der Waals surface area contributed by atoms with Crippen LogP contribution in [0.5, 0.6) is 0 Å². The lowest BCUT2D eigenvalue weighted by Crippen LogP contribution is -2.56. The van der Waals surface area contributed by atoms with Crippen molar-refractivity contribution < 1.29 is 9.59 Å². The summed E-state index contributed by atoms with van der Waals surface area (Å²) < 4.78 is 0. The number of hydrogen-bond acceptors (Lipinski definition) is 4. The molecule has 6 nitrogen and oxygen atoms in total. The smallest absolute Gasteiger partial charge is 0.324 e. The monoisotopic (exact) mass is 350 g/mol. The molecule has 1 unspecified atom stereocenters. The molecule has 1 aromatic rings. The molecule has 1 N–H and O–H groups in total. The zero-order valence-corrected chi connectivity index (χ0v) is 15.1. The topological polar surface area (TPSA) is 65.5 Å². The van der Waals surface area contributed by atoms with Crippen LogP contribution in [-0.4, -0.2) is 51.9 Å². The van der Waals surface area contributed by atoms with E-state index in [9.17, 15) is 9.59 Å². The van der Waals surface area contributed by atoms with Gasteiger partial charge in [0.15, 0.2) is 5.13 Å². The van der Waals surface area contributed by atoms with Gasteiger partial charge in [-0.3, -0.25) is 10.1 Å². The van der Waals surface area contributed by atoms with E-state index in [1.165, 1.54) is 30.6 Å². The van der Waals surface area contributed by atoms with E-state index >= 15 is 0 Å². The van der Waals surface area contributed by atoms with Crippen LogP contribution in [0, 0.1) is 0 Å². The minimum absolute atomic E-state index is 0.0627. The molecule has 1 aliphatic carbocycles. The standard InChI is InChI=1S/C17H26N4O2S/c1-13(22)20-10-5-8-15(12-20)21(14-6-3-2-4-7-14)17(23)19-16-18-9-11-24-16/h9,11,14-15H,2-8,10,12H2,1H3,(H,18,19,23). The predicted octanol–water partition coefficient (Wildman–Crippen LogP) is 3.32. The highest BCUT2D eigenvalue weighted by molar-refractivity contribution is 7.13. The third kappa shape index (κ3) is 4.06. The third-order valence-electron chi connectivity index (χ3n) is 5.08. The molecular weight excluding hydrogens is 324 g/mol. The Hall–Kier alpha value is -1.63. The van der Waals surface area contributed by atoms with E-state index in [1.807, 2.05) is 15.2 Å². The number of piperidine rings is 1. The van der Waals surface area contributed by atoms with Crippen LogP contribution >= 0.6 is 11.3 Å². The number of anilines is 1. The molecule has 1 aliphatic heterocycles. The van der Waals surface area contributed by atoms with E-state index < -0.39 is 0 Å². The van der Waals surface area contributed by atoms with Gasteiger partial charge in [-0.1, -0.05) is 19.3 Å². The number of nitrogens with zero attached hydrogens (tertiary/aromatic N) is 3. The van der Waals surface area contributed by atoms with Crippen molar-refractivity contribution in [3.05, 3.63) is 11.6 Å². The number of likely N-dealkylation sites (tertiary alicyclic amines) is 1. The maximum Gasteiger partial charge on any atom is 0.324 e. The van der Waals surface area contributed by atoms with Gasteiger partial charge in [-0.25, -0.2) is 9.78 Å². The Kier molecular flexibility index (Phi) is 5.71. The summed E-state index contributed by atoms with van der Waals surface area (Å²) in [4.78, 5) is 32.8. The zero-order chi connectivity index (χ0) is 16.9. The van der Waals surface area contributed by atoms with E-state index in [2.05, 4.69) is 10.3 Å². The van der Waals surface area contributed by atoms with Crippen LogP contribution in [0.1, 0.15) is 51.9 Å². The molecule has 3 rings (SSSR count). The van der Waals surface area contributed by atoms with Gasteiger partial charge in [-0.05, 0) is 25.7 Å². The summed E-state index contributed by atoms with van der Waals surface area (Å²) in [6.45, 7) is 3.07. The lowest BCUT2D eigenvalue weighted by molar-refractivity contribution is -0.130. The first-order valence-electron chi connectivity index (χ1n) is 8.89. The van der Waals surface area contributed by atoms with Crippen LogP contribution in [0.4, 0.5) is 9.93 Å². The fourth-order valence-electron chi connectivity index (χ4n) is 3.90. The maximum atomic E-state index is 13.0. The molecule has 1 atom stereocenters. The summed E-state index contributed by atoms with van der Waals surface area (Å²) in [6.07, 6.45) is 9.34. The van der Waals surface area contributed by atoms with Gasteiger partial charge >= 0.3 is 6.03 Å². The van der Waals surface area contributed by atoms with E-state index in [-0.39, 0.29) is 24.0 Å². The van der Waals surface area contributed by atoms with Crippen molar-refractivity contribution in [3.63, 3.8) is 0 Å². The lowest BCUT2D eigenvalue weighted by Gasteiger charge is -2.43. The third-order valence-corrected chi connectivity index (χ3v) is 5.77. The quantitative estimate of drug-likeness (QED) is 0.909. The van der Waals surface area contributed by atoms with Crippen LogP contribution in [0.3, 0.4) is 0 Å². The molecule has 3 amide bonds. The first-order chi connectivity index (χ1) is 11.6. The molecule has 7 heteroatoms. The number of aromatic nitrogens is 1. The molecular formula is C17H26N4O2S. The van der Waals surface area contributed by atoms with Crippen molar-refractivity contribution in [2.45, 2.75) is 64.0 Å². The fourth-order valence-corrected chi connectivity index (χ4v) is 4.42. The summed E-state index contributed by atoms with van der Waals surface area (Å²) in [7, 11) is 0. The van der Waals surface area contributed by atoms with Crippen molar-refractivity contribution in [2.75, 3.05) is 18.4 Å². The minimum Gasteiger partial charge on any atom is -0.341 e. The zero-order valence-electron chi connectivity index (χ0n) is 14.2. The van der Waals surface area contributed by atoms with Crippen LogP contribution in [0.25, 0.3) is 0 Å². The molecule has 0 bridgehead atoms. The van der Waals surface area contributed by atoms with Gasteiger partial charge in [0.25, 0.3) is 0 Å². The average molecular weight is 350 g/mol. The molecule has 1 aromatic heterocycles. The lowest BCUT2D eigenvalue weighted by atomic mass is 9.92. The Labute approximate surface area is 147 Å². The van der Waals surface area contributed by atoms with Gasteiger partial charge < -0.3 is 9.80 Å². The number of carbonyl (C=O) groups excluding carboxylic acids is 2. The van der Waals surface area contributed by atoms with Gasteiger partial charge in [-0.2, -0.15) is 0 Å². The number of thiazole rings is 1. The highest BCUT2D eigenvalue weighted by atomic mass is 32.1. The summed E-state index contributed by atoms with van der Waals surface area (Å²) in [5, 5.41) is 5.45. The van der Waals surface area contributed by atoms with Crippen molar-refractivity contribution in [1.29, 1.82) is 0 Å². The van der Waals surface area contributed by atoms with Crippen LogP contribution in [0.2, 0.25) is 0 Å². The van der Waals surface area contributed by atoms with Gasteiger partial charge in [0.1, 0.15) is 0 Å². The fraction of sp³-hybridized carbons (Fsp3) is 0.706. The summed E-state index contributed by atoms with van der Waals surface area (Å²) >= 11 is 1.43. The SMILES string of the molecule is CC(=O)N1CCCC(N(C(=O)Nc2nccs2)C2CCCCC2)C1. The number of rotatable bonds is 3. The summed E-state index contributed by atoms with van der Waals surface area (Å²) in [6, 6.07) is 0.314. The number of urea groups is 1. The molecule has 1 saturated heterocycles. The van der Waals surface area contributed by atoms with Gasteiger partial charge in [0.05, 0.1) is 6.04 Å². The Morgan fingerprint density at radius 1 is 1.21 bits per heavy atom. The second-order valence-electron chi connectivity index (χ2n) is 6.73. The second kappa shape index (κ2) is 7.96. The van der Waals surface area contributed by atoms with E-state index in [0.29, 0.717) is 11.7 Å². The van der Waals surface area contributed by atoms with Crippen molar-refractivity contribution in [3.8, 4) is 0 Å². The Balaban J connectivity index is 1.75. The van der Waals surface area contributed by atoms with Crippen molar-refractivity contribution in [1.82, 2.24) is 14.8 Å². The number of amides is 3. The van der Waals surface area contributed by atoms with Gasteiger partial charge in [-0.15, -0.1) is 11.3 Å². The molecule has 0 aromatic carbocycles. The van der Waals surface area contributed by atoms with E-state index in [1.54, 1.807) is 13.1 Å². The number of nitrogens with one attached hydrogen (secondary N) is 1. The molecule has 2 heterocycles. The molecule has 0 spiro atoms. The number of hydrogen-bond donors (Lipinski definition) is 1. The first kappa shape index (κ1) is 17.2. The number of carbonyl (C=O) groups is 2. The van der Waals surface area contributed by atoms with Crippen molar-refractivity contribution >= 4 is 28.4 Å². The minimum atomic E-state index is -0.0627. The van der Waals surface area contributed by atoms with Gasteiger partial charge in [0, 0.05) is 37.6 Å². The Bertz CT molecular complexity index is 557. The summed E-state index contributed by atoms with van der Waals surface area (Å²) in [5.41, 5.74) is 0. The normalized spacial score (nSPS) is 22.2. The van der Waals surface area contributed by atoms with Crippen molar-refractivity contribution in [2.24, 2.45) is 0 Å². The Morgan fingerprint density at radius 2 is 1.96 bits per heavy atom. The second-order valence-corrected chi connectivity index (χ2v) is 7.62. The first-order valence-corrected chi connectivity index (χ1v) is 9.77.